The van der Waals surface area contributed by atoms with E-state index in [4.69, 9.17) is 4.74 Å². The number of carbonyl (C=O) groups excluding carboxylic acids is 1. The van der Waals surface area contributed by atoms with Gasteiger partial charge >= 0.3 is 0 Å². The van der Waals surface area contributed by atoms with Crippen molar-refractivity contribution in [1.82, 2.24) is 19.9 Å². The standard InChI is InChI=1S/C24H22F2N4O2/c1-14-10-18(26)23(29-12-14)32-20-11-15-6-7-19(20)30(13-15)24(31)16-4-2-5-17(25)21(16)22-27-8-3-9-28-22/h2-5,8-10,12,15,19-20H,6-7,11,13H2,1H3. The fraction of sp³-hybridized carbons (Fsp3) is 0.333. The highest BCUT2D eigenvalue weighted by Gasteiger charge is 2.45. The molecule has 3 unspecified atom stereocenters. The lowest BCUT2D eigenvalue weighted by molar-refractivity contribution is -0.0326. The first-order valence-corrected chi connectivity index (χ1v) is 10.7. The molecule has 164 valence electrons. The molecule has 1 aromatic carbocycles. The first-order chi connectivity index (χ1) is 15.5. The second kappa shape index (κ2) is 8.26. The fourth-order valence-corrected chi connectivity index (χ4v) is 4.76. The molecule has 3 aromatic rings. The summed E-state index contributed by atoms with van der Waals surface area (Å²) in [5.74, 6) is -1.03. The van der Waals surface area contributed by atoms with Gasteiger partial charge < -0.3 is 9.64 Å². The van der Waals surface area contributed by atoms with Gasteiger partial charge in [-0.3, -0.25) is 4.79 Å². The van der Waals surface area contributed by atoms with Gasteiger partial charge in [-0.2, -0.15) is 0 Å². The van der Waals surface area contributed by atoms with Crippen LogP contribution in [-0.4, -0.2) is 44.4 Å². The number of piperidine rings is 2. The van der Waals surface area contributed by atoms with Crippen LogP contribution < -0.4 is 4.74 Å². The van der Waals surface area contributed by atoms with Crippen LogP contribution in [0.4, 0.5) is 8.78 Å². The van der Waals surface area contributed by atoms with E-state index in [1.807, 2.05) is 0 Å². The minimum Gasteiger partial charge on any atom is -0.470 e. The van der Waals surface area contributed by atoms with Crippen LogP contribution in [0, 0.1) is 24.5 Å². The highest BCUT2D eigenvalue weighted by Crippen LogP contribution is 2.39. The van der Waals surface area contributed by atoms with Crippen LogP contribution in [0.2, 0.25) is 0 Å². The number of amides is 1. The fourth-order valence-electron chi connectivity index (χ4n) is 4.76. The van der Waals surface area contributed by atoms with Crippen LogP contribution in [0.25, 0.3) is 11.4 Å². The smallest absolute Gasteiger partial charge is 0.255 e. The molecule has 4 heterocycles. The maximum absolute atomic E-state index is 14.8. The van der Waals surface area contributed by atoms with Crippen LogP contribution in [0.3, 0.4) is 0 Å². The molecule has 3 atom stereocenters. The lowest BCUT2D eigenvalue weighted by Crippen LogP contribution is -2.59. The lowest BCUT2D eigenvalue weighted by Gasteiger charge is -2.49. The van der Waals surface area contributed by atoms with E-state index in [1.165, 1.54) is 30.6 Å². The van der Waals surface area contributed by atoms with Gasteiger partial charge in [0, 0.05) is 25.1 Å². The van der Waals surface area contributed by atoms with Crippen molar-refractivity contribution in [3.63, 3.8) is 0 Å². The summed E-state index contributed by atoms with van der Waals surface area (Å²) >= 11 is 0. The van der Waals surface area contributed by atoms with Gasteiger partial charge in [0.1, 0.15) is 11.9 Å². The van der Waals surface area contributed by atoms with Crippen LogP contribution in [-0.2, 0) is 0 Å². The molecule has 0 N–H and O–H groups in total. The molecule has 2 aromatic heterocycles. The van der Waals surface area contributed by atoms with Crippen molar-refractivity contribution in [3.8, 4) is 17.3 Å². The van der Waals surface area contributed by atoms with Crippen molar-refractivity contribution < 1.29 is 18.3 Å². The van der Waals surface area contributed by atoms with E-state index in [0.717, 1.165) is 19.3 Å². The Balaban J connectivity index is 1.45. The summed E-state index contributed by atoms with van der Waals surface area (Å²) in [5.41, 5.74) is 1.00. The maximum Gasteiger partial charge on any atom is 0.255 e. The Hall–Kier alpha value is -3.42. The summed E-state index contributed by atoms with van der Waals surface area (Å²) in [6.45, 7) is 2.31. The number of aromatic nitrogens is 3. The van der Waals surface area contributed by atoms with Gasteiger partial charge in [-0.15, -0.1) is 0 Å². The molecule has 8 heteroatoms. The lowest BCUT2D eigenvalue weighted by atomic mass is 9.77. The van der Waals surface area contributed by atoms with Gasteiger partial charge in [-0.05, 0) is 61.9 Å². The number of carbonyl (C=O) groups is 1. The molecular weight excluding hydrogens is 414 g/mol. The van der Waals surface area contributed by atoms with E-state index in [1.54, 1.807) is 30.2 Å². The molecule has 2 aliphatic heterocycles. The summed E-state index contributed by atoms with van der Waals surface area (Å²) in [7, 11) is 0. The summed E-state index contributed by atoms with van der Waals surface area (Å²) in [6, 6.07) is 7.17. The van der Waals surface area contributed by atoms with E-state index in [2.05, 4.69) is 15.0 Å². The topological polar surface area (TPSA) is 68.2 Å². The molecule has 2 bridgehead atoms. The second-order valence-electron chi connectivity index (χ2n) is 8.39. The van der Waals surface area contributed by atoms with Crippen LogP contribution in [0.1, 0.15) is 35.2 Å². The van der Waals surface area contributed by atoms with Crippen molar-refractivity contribution in [2.24, 2.45) is 5.92 Å². The van der Waals surface area contributed by atoms with Gasteiger partial charge in [0.15, 0.2) is 11.6 Å². The molecule has 3 fully saturated rings. The zero-order chi connectivity index (χ0) is 22.2. The number of halogens is 2. The second-order valence-corrected chi connectivity index (χ2v) is 8.39. The van der Waals surface area contributed by atoms with E-state index >= 15 is 0 Å². The van der Waals surface area contributed by atoms with Crippen molar-refractivity contribution in [1.29, 1.82) is 0 Å². The minimum atomic E-state index is -0.553. The quantitative estimate of drug-likeness (QED) is 0.613. The van der Waals surface area contributed by atoms with Crippen LogP contribution in [0.15, 0.2) is 48.9 Å². The number of benzene rings is 1. The molecule has 32 heavy (non-hydrogen) atoms. The normalized spacial score (nSPS) is 22.1. The van der Waals surface area contributed by atoms with E-state index in [9.17, 15) is 13.6 Å². The Kier molecular flexibility index (Phi) is 5.28. The maximum atomic E-state index is 14.8. The average molecular weight is 436 g/mol. The molecule has 0 spiro atoms. The van der Waals surface area contributed by atoms with Gasteiger partial charge in [0.2, 0.25) is 0 Å². The van der Waals surface area contributed by atoms with Crippen molar-refractivity contribution in [2.75, 3.05) is 6.54 Å². The zero-order valence-electron chi connectivity index (χ0n) is 17.5. The predicted molar refractivity (Wildman–Crippen MR) is 113 cm³/mol. The van der Waals surface area contributed by atoms with Gasteiger partial charge in [0.25, 0.3) is 11.8 Å². The first-order valence-electron chi connectivity index (χ1n) is 10.7. The summed E-state index contributed by atoms with van der Waals surface area (Å²) in [5, 5.41) is 0. The third kappa shape index (κ3) is 3.70. The van der Waals surface area contributed by atoms with E-state index in [-0.39, 0.29) is 46.8 Å². The van der Waals surface area contributed by atoms with Gasteiger partial charge in [0.05, 0.1) is 17.2 Å². The molecule has 1 aliphatic carbocycles. The number of hydrogen-bond acceptors (Lipinski definition) is 5. The highest BCUT2D eigenvalue weighted by atomic mass is 19.1. The molecular formula is C24H22F2N4O2. The molecule has 1 amide bonds. The Morgan fingerprint density at radius 2 is 1.91 bits per heavy atom. The molecule has 1 saturated carbocycles. The molecule has 2 saturated heterocycles. The molecule has 6 rings (SSSR count). The van der Waals surface area contributed by atoms with Crippen molar-refractivity contribution >= 4 is 5.91 Å². The number of pyridine rings is 1. The molecule has 3 aliphatic rings. The Labute approximate surface area is 184 Å². The third-order valence-electron chi connectivity index (χ3n) is 6.22. The van der Waals surface area contributed by atoms with Gasteiger partial charge in [-0.25, -0.2) is 23.7 Å². The summed E-state index contributed by atoms with van der Waals surface area (Å²) < 4.78 is 35.0. The largest absolute Gasteiger partial charge is 0.470 e. The Bertz CT molecular complexity index is 1160. The third-order valence-corrected chi connectivity index (χ3v) is 6.22. The monoisotopic (exact) mass is 436 g/mol. The average Bonchev–Trinajstić information content (AvgIpc) is 2.81. The van der Waals surface area contributed by atoms with Gasteiger partial charge in [-0.1, -0.05) is 6.07 Å². The first kappa shape index (κ1) is 20.5. The zero-order valence-corrected chi connectivity index (χ0v) is 17.5. The van der Waals surface area contributed by atoms with E-state index in [0.29, 0.717) is 12.1 Å². The summed E-state index contributed by atoms with van der Waals surface area (Å²) in [6.07, 6.45) is 6.64. The number of aryl methyl sites for hydroxylation is 1. The SMILES string of the molecule is Cc1cnc(OC2CC3CCC2N(C(=O)c2cccc(F)c2-c2ncccn2)C3)c(F)c1. The minimum absolute atomic E-state index is 0.0512. The van der Waals surface area contributed by atoms with Crippen LogP contribution in [0.5, 0.6) is 5.88 Å². The van der Waals surface area contributed by atoms with Crippen molar-refractivity contribution in [2.45, 2.75) is 38.3 Å². The van der Waals surface area contributed by atoms with Crippen LogP contribution >= 0.6 is 0 Å². The van der Waals surface area contributed by atoms with Crippen molar-refractivity contribution in [3.05, 3.63) is 71.7 Å². The number of ether oxygens (including phenoxy) is 1. The molecule has 0 radical (unpaired) electrons. The Morgan fingerprint density at radius 3 is 2.66 bits per heavy atom. The number of hydrogen-bond donors (Lipinski definition) is 0. The number of rotatable bonds is 4. The number of fused-ring (bicyclic) bond motifs is 3. The highest BCUT2D eigenvalue weighted by molar-refractivity contribution is 6.00. The summed E-state index contributed by atoms with van der Waals surface area (Å²) in [4.78, 5) is 27.7. The molecule has 6 nitrogen and oxygen atoms in total. The Morgan fingerprint density at radius 1 is 1.09 bits per heavy atom. The van der Waals surface area contributed by atoms with E-state index < -0.39 is 11.6 Å². The predicted octanol–water partition coefficient (Wildman–Crippen LogP) is 4.20. The number of nitrogens with zero attached hydrogens (tertiary/aromatic N) is 4.